The van der Waals surface area contributed by atoms with Crippen molar-refractivity contribution >= 4 is 0 Å². The van der Waals surface area contributed by atoms with Crippen molar-refractivity contribution in [1.82, 2.24) is 0 Å². The molecule has 1 aromatic carbocycles. The maximum absolute atomic E-state index is 13.7. The number of benzene rings is 1. The van der Waals surface area contributed by atoms with Crippen molar-refractivity contribution < 1.29 is 9.13 Å². The van der Waals surface area contributed by atoms with Crippen LogP contribution in [0, 0.1) is 11.8 Å². The lowest BCUT2D eigenvalue weighted by atomic mass is 9.70. The van der Waals surface area contributed by atoms with Crippen LogP contribution in [0.4, 0.5) is 4.39 Å². The zero-order valence-corrected chi connectivity index (χ0v) is 16.8. The lowest BCUT2D eigenvalue weighted by Gasteiger charge is -2.35. The highest BCUT2D eigenvalue weighted by atomic mass is 19.1. The number of hydrogen-bond donors (Lipinski definition) is 0. The van der Waals surface area contributed by atoms with E-state index in [0.717, 1.165) is 35.8 Å². The summed E-state index contributed by atoms with van der Waals surface area (Å²) in [5, 5.41) is 0. The number of ether oxygens (including phenoxy) is 1. The van der Waals surface area contributed by atoms with Crippen molar-refractivity contribution in [3.63, 3.8) is 0 Å². The van der Waals surface area contributed by atoms with Gasteiger partial charge in [-0.3, -0.25) is 0 Å². The average molecular weight is 369 g/mol. The molecule has 1 fully saturated rings. The maximum atomic E-state index is 13.7. The molecule has 1 aliphatic heterocycles. The zero-order chi connectivity index (χ0) is 18.8. The predicted octanol–water partition coefficient (Wildman–Crippen LogP) is 7.76. The van der Waals surface area contributed by atoms with Crippen LogP contribution in [0.3, 0.4) is 0 Å². The molecule has 1 aromatic rings. The Morgan fingerprint density at radius 2 is 1.52 bits per heavy atom. The summed E-state index contributed by atoms with van der Waals surface area (Å²) in [6, 6.07) is 8.48. The molecule has 2 heteroatoms. The molecule has 0 spiro atoms. The van der Waals surface area contributed by atoms with E-state index in [0.29, 0.717) is 5.92 Å². The normalized spacial score (nSPS) is 32.0. The molecular weight excluding hydrogens is 335 g/mol. The molecule has 27 heavy (non-hydrogen) atoms. The molecule has 3 aliphatic rings. The molecule has 2 unspecified atom stereocenters. The number of rotatable bonds is 3. The van der Waals surface area contributed by atoms with Crippen LogP contribution in [0.1, 0.15) is 94.8 Å². The summed E-state index contributed by atoms with van der Waals surface area (Å²) >= 11 is 0. The number of halogens is 1. The van der Waals surface area contributed by atoms with Crippen LogP contribution in [-0.4, -0.2) is 0 Å². The molecule has 0 bridgehead atoms. The summed E-state index contributed by atoms with van der Waals surface area (Å²) in [6.07, 6.45) is 13.4. The molecule has 0 N–H and O–H groups in total. The van der Waals surface area contributed by atoms with Gasteiger partial charge in [-0.25, -0.2) is 0 Å². The van der Waals surface area contributed by atoms with E-state index in [1.165, 1.54) is 50.5 Å². The van der Waals surface area contributed by atoms with Crippen molar-refractivity contribution in [2.75, 3.05) is 0 Å². The Hall–Kier alpha value is -1.57. The van der Waals surface area contributed by atoms with Crippen molar-refractivity contribution in [1.29, 1.82) is 0 Å². The molecule has 146 valence electrons. The highest BCUT2D eigenvalue weighted by Crippen LogP contribution is 2.43. The van der Waals surface area contributed by atoms with Gasteiger partial charge in [0, 0.05) is 0 Å². The Bertz CT molecular complexity index is 706. The number of allylic oxidation sites excluding steroid dienone is 3. The molecule has 2 atom stereocenters. The van der Waals surface area contributed by atoms with E-state index < -0.39 is 0 Å². The highest BCUT2D eigenvalue weighted by Gasteiger charge is 2.29. The lowest BCUT2D eigenvalue weighted by molar-refractivity contribution is 0.0442. The van der Waals surface area contributed by atoms with E-state index in [2.05, 4.69) is 37.3 Å². The second-order valence-corrected chi connectivity index (χ2v) is 9.06. The molecule has 0 aromatic heterocycles. The summed E-state index contributed by atoms with van der Waals surface area (Å²) in [5.41, 5.74) is 4.90. The second-order valence-electron chi connectivity index (χ2n) is 9.06. The predicted molar refractivity (Wildman–Crippen MR) is 109 cm³/mol. The Labute approximate surface area is 163 Å². The van der Waals surface area contributed by atoms with E-state index in [-0.39, 0.29) is 12.1 Å². The summed E-state index contributed by atoms with van der Waals surface area (Å²) in [4.78, 5) is 0. The van der Waals surface area contributed by atoms with Crippen LogP contribution >= 0.6 is 0 Å². The van der Waals surface area contributed by atoms with E-state index >= 15 is 0 Å². The molecular formula is C25H33FO. The second kappa shape index (κ2) is 8.20. The Morgan fingerprint density at radius 3 is 2.15 bits per heavy atom. The Morgan fingerprint density at radius 1 is 0.815 bits per heavy atom. The average Bonchev–Trinajstić information content (AvgIpc) is 2.71. The number of hydrogen-bond acceptors (Lipinski definition) is 1. The van der Waals surface area contributed by atoms with Gasteiger partial charge in [-0.05, 0) is 106 Å². The SMILES string of the molecule is CC1=CCC(C2CCC(c3ccc(C4CCC(C)=C(F)O4)cc3)CC2)CC1. The monoisotopic (exact) mass is 368 g/mol. The van der Waals surface area contributed by atoms with Crippen molar-refractivity contribution in [3.8, 4) is 0 Å². The van der Waals surface area contributed by atoms with Crippen LogP contribution in [0.25, 0.3) is 0 Å². The van der Waals surface area contributed by atoms with E-state index in [4.69, 9.17) is 4.74 Å². The Balaban J connectivity index is 1.33. The molecule has 1 heterocycles. The third-order valence-electron chi connectivity index (χ3n) is 7.26. The minimum Gasteiger partial charge on any atom is -0.463 e. The molecule has 2 aliphatic carbocycles. The van der Waals surface area contributed by atoms with Crippen molar-refractivity contribution in [2.45, 2.75) is 83.7 Å². The van der Waals surface area contributed by atoms with Crippen LogP contribution in [0.2, 0.25) is 0 Å². The summed E-state index contributed by atoms with van der Waals surface area (Å²) in [7, 11) is 0. The van der Waals surface area contributed by atoms with Gasteiger partial charge < -0.3 is 4.74 Å². The summed E-state index contributed by atoms with van der Waals surface area (Å²) < 4.78 is 19.2. The van der Waals surface area contributed by atoms with Crippen LogP contribution in [-0.2, 0) is 4.74 Å². The van der Waals surface area contributed by atoms with Gasteiger partial charge in [0.25, 0.3) is 6.01 Å². The minimum atomic E-state index is -0.374. The molecule has 4 rings (SSSR count). The van der Waals surface area contributed by atoms with Gasteiger partial charge in [0.15, 0.2) is 0 Å². The standard InChI is InChI=1S/C25H33FO/c1-17-3-6-19(7-4-17)20-8-10-21(11-9-20)22-12-14-23(15-13-22)24-16-5-18(2)25(26)27-24/h3,12-15,19-21,24H,4-11,16H2,1-2H3. The molecule has 1 saturated carbocycles. The first kappa shape index (κ1) is 18.8. The van der Waals surface area contributed by atoms with Gasteiger partial charge in [-0.15, -0.1) is 0 Å². The smallest absolute Gasteiger partial charge is 0.272 e. The fraction of sp³-hybridized carbons (Fsp3) is 0.600. The van der Waals surface area contributed by atoms with E-state index in [1.807, 2.05) is 6.92 Å². The molecule has 0 saturated heterocycles. The molecule has 0 radical (unpaired) electrons. The van der Waals surface area contributed by atoms with Gasteiger partial charge in [0.05, 0.1) is 0 Å². The quantitative estimate of drug-likeness (QED) is 0.495. The van der Waals surface area contributed by atoms with Crippen molar-refractivity contribution in [3.05, 3.63) is 58.6 Å². The van der Waals surface area contributed by atoms with Crippen LogP contribution < -0.4 is 0 Å². The molecule has 1 nitrogen and oxygen atoms in total. The first-order valence-electron chi connectivity index (χ1n) is 10.9. The largest absolute Gasteiger partial charge is 0.463 e. The van der Waals surface area contributed by atoms with E-state index in [9.17, 15) is 4.39 Å². The lowest BCUT2D eigenvalue weighted by Crippen LogP contribution is -2.22. The summed E-state index contributed by atoms with van der Waals surface area (Å²) in [5.74, 6) is 2.55. The highest BCUT2D eigenvalue weighted by molar-refractivity contribution is 5.28. The van der Waals surface area contributed by atoms with Crippen molar-refractivity contribution in [2.24, 2.45) is 11.8 Å². The topological polar surface area (TPSA) is 9.23 Å². The first-order chi connectivity index (χ1) is 13.1. The van der Waals surface area contributed by atoms with Gasteiger partial charge in [0.1, 0.15) is 6.10 Å². The maximum Gasteiger partial charge on any atom is 0.272 e. The van der Waals surface area contributed by atoms with Crippen LogP contribution in [0.5, 0.6) is 0 Å². The van der Waals surface area contributed by atoms with Crippen LogP contribution in [0.15, 0.2) is 47.5 Å². The van der Waals surface area contributed by atoms with Gasteiger partial charge in [-0.2, -0.15) is 4.39 Å². The minimum absolute atomic E-state index is 0.124. The van der Waals surface area contributed by atoms with Gasteiger partial charge in [-0.1, -0.05) is 35.9 Å². The van der Waals surface area contributed by atoms with Gasteiger partial charge >= 0.3 is 0 Å². The third kappa shape index (κ3) is 4.31. The van der Waals surface area contributed by atoms with E-state index in [1.54, 1.807) is 5.57 Å². The fourth-order valence-corrected chi connectivity index (χ4v) is 5.29. The molecule has 0 amide bonds. The Kier molecular flexibility index (Phi) is 5.71. The first-order valence-corrected chi connectivity index (χ1v) is 10.9. The zero-order valence-electron chi connectivity index (χ0n) is 16.8. The van der Waals surface area contributed by atoms with Gasteiger partial charge in [0.2, 0.25) is 0 Å². The third-order valence-corrected chi connectivity index (χ3v) is 7.26. The fourth-order valence-electron chi connectivity index (χ4n) is 5.29. The summed E-state index contributed by atoms with van der Waals surface area (Å²) in [6.45, 7) is 4.09.